The zero-order chi connectivity index (χ0) is 13.9. The number of carbonyl (C=O) groups is 1. The van der Waals surface area contributed by atoms with Crippen LogP contribution < -0.4 is 5.32 Å². The average molecular weight is 263 g/mol. The van der Waals surface area contributed by atoms with Crippen LogP contribution in [0.2, 0.25) is 0 Å². The van der Waals surface area contributed by atoms with Gasteiger partial charge in [-0.2, -0.15) is 0 Å². The average Bonchev–Trinajstić information content (AvgIpc) is 3.37. The van der Waals surface area contributed by atoms with Crippen LogP contribution in [-0.2, 0) is 5.41 Å². The van der Waals surface area contributed by atoms with Gasteiger partial charge in [-0.05, 0) is 37.3 Å². The van der Waals surface area contributed by atoms with Gasteiger partial charge in [-0.3, -0.25) is 4.79 Å². The van der Waals surface area contributed by atoms with E-state index in [9.17, 15) is 9.18 Å². The molecule has 104 valence electrons. The summed E-state index contributed by atoms with van der Waals surface area (Å²) in [6.45, 7) is 4.84. The highest BCUT2D eigenvalue weighted by Gasteiger charge is 2.48. The lowest BCUT2D eigenvalue weighted by atomic mass is 9.88. The van der Waals surface area contributed by atoms with Crippen LogP contribution in [0.3, 0.4) is 0 Å². The van der Waals surface area contributed by atoms with Gasteiger partial charge in [-0.1, -0.05) is 32.0 Å². The van der Waals surface area contributed by atoms with Gasteiger partial charge in [0.2, 0.25) is 0 Å². The van der Waals surface area contributed by atoms with E-state index in [-0.39, 0.29) is 5.91 Å². The maximum Gasteiger partial charge on any atom is 0.251 e. The molecule has 2 saturated carbocycles. The summed E-state index contributed by atoms with van der Waals surface area (Å²) >= 11 is 0. The SMILES string of the molecule is CC.FC1CC1.O=C1NCC2(CC2)c2ccccc21. The Labute approximate surface area is 114 Å². The second-order valence-electron chi connectivity index (χ2n) is 5.18. The number of nitrogens with one attached hydrogen (secondary N) is 1. The highest BCUT2D eigenvalue weighted by molar-refractivity contribution is 5.97. The van der Waals surface area contributed by atoms with Crippen LogP contribution in [0.15, 0.2) is 24.3 Å². The Bertz CT molecular complexity index is 450. The Balaban J connectivity index is 0.000000188. The van der Waals surface area contributed by atoms with Crippen molar-refractivity contribution in [3.63, 3.8) is 0 Å². The lowest BCUT2D eigenvalue weighted by molar-refractivity contribution is 0.0937. The predicted octanol–water partition coefficient (Wildman–Crippen LogP) is 3.61. The van der Waals surface area contributed by atoms with Gasteiger partial charge >= 0.3 is 0 Å². The van der Waals surface area contributed by atoms with Gasteiger partial charge in [-0.25, -0.2) is 4.39 Å². The maximum absolute atomic E-state index is 11.5. The van der Waals surface area contributed by atoms with E-state index in [1.165, 1.54) is 18.4 Å². The number of benzene rings is 1. The number of hydrogen-bond donors (Lipinski definition) is 1. The van der Waals surface area contributed by atoms with Crippen LogP contribution in [0.25, 0.3) is 0 Å². The summed E-state index contributed by atoms with van der Waals surface area (Å²) in [7, 11) is 0. The van der Waals surface area contributed by atoms with Gasteiger partial charge in [0.1, 0.15) is 6.17 Å². The van der Waals surface area contributed by atoms with Crippen LogP contribution in [0.5, 0.6) is 0 Å². The molecule has 19 heavy (non-hydrogen) atoms. The monoisotopic (exact) mass is 263 g/mol. The Kier molecular flexibility index (Phi) is 4.23. The lowest BCUT2D eigenvalue weighted by Crippen LogP contribution is -2.39. The third-order valence-corrected chi connectivity index (χ3v) is 3.69. The second-order valence-corrected chi connectivity index (χ2v) is 5.18. The van der Waals surface area contributed by atoms with Crippen LogP contribution in [-0.4, -0.2) is 18.6 Å². The summed E-state index contributed by atoms with van der Waals surface area (Å²) in [5.41, 5.74) is 2.45. The zero-order valence-electron chi connectivity index (χ0n) is 11.7. The minimum atomic E-state index is -0.417. The van der Waals surface area contributed by atoms with E-state index in [1.54, 1.807) is 0 Å². The molecule has 1 N–H and O–H groups in total. The van der Waals surface area contributed by atoms with E-state index in [0.717, 1.165) is 24.9 Å². The quantitative estimate of drug-likeness (QED) is 0.761. The van der Waals surface area contributed by atoms with Gasteiger partial charge in [0.25, 0.3) is 5.91 Å². The first-order valence-electron chi connectivity index (χ1n) is 7.23. The van der Waals surface area contributed by atoms with Crippen molar-refractivity contribution in [1.82, 2.24) is 5.32 Å². The van der Waals surface area contributed by atoms with Gasteiger partial charge in [0.15, 0.2) is 0 Å². The number of carbonyl (C=O) groups excluding carboxylic acids is 1. The summed E-state index contributed by atoms with van der Waals surface area (Å²) in [5.74, 6) is 0.0909. The number of rotatable bonds is 0. The summed E-state index contributed by atoms with van der Waals surface area (Å²) in [6, 6.07) is 7.97. The summed E-state index contributed by atoms with van der Waals surface area (Å²) in [6.07, 6.45) is 3.68. The van der Waals surface area contributed by atoms with Crippen molar-refractivity contribution in [2.75, 3.05) is 6.54 Å². The number of amides is 1. The summed E-state index contributed by atoms with van der Waals surface area (Å²) in [5, 5.41) is 2.95. The van der Waals surface area contributed by atoms with E-state index >= 15 is 0 Å². The van der Waals surface area contributed by atoms with Gasteiger partial charge in [0.05, 0.1) is 0 Å². The number of halogens is 1. The summed E-state index contributed by atoms with van der Waals surface area (Å²) < 4.78 is 11.1. The Morgan fingerprint density at radius 2 is 1.79 bits per heavy atom. The van der Waals surface area contributed by atoms with Crippen LogP contribution in [0.1, 0.15) is 55.5 Å². The topological polar surface area (TPSA) is 29.1 Å². The highest BCUT2D eigenvalue weighted by Crippen LogP contribution is 2.50. The van der Waals surface area contributed by atoms with E-state index in [2.05, 4.69) is 11.4 Å². The first-order chi connectivity index (χ1) is 9.21. The van der Waals surface area contributed by atoms with E-state index in [0.29, 0.717) is 5.41 Å². The smallest absolute Gasteiger partial charge is 0.251 e. The molecule has 1 amide bonds. The van der Waals surface area contributed by atoms with Crippen molar-refractivity contribution in [3.05, 3.63) is 35.4 Å². The number of fused-ring (bicyclic) bond motifs is 2. The van der Waals surface area contributed by atoms with Crippen LogP contribution in [0.4, 0.5) is 4.39 Å². The fraction of sp³-hybridized carbons (Fsp3) is 0.562. The Morgan fingerprint density at radius 1 is 1.21 bits per heavy atom. The third-order valence-electron chi connectivity index (χ3n) is 3.69. The molecule has 3 heteroatoms. The fourth-order valence-electron chi connectivity index (χ4n) is 2.24. The molecule has 1 heterocycles. The molecule has 1 aliphatic heterocycles. The predicted molar refractivity (Wildman–Crippen MR) is 75.2 cm³/mol. The molecule has 0 unspecified atom stereocenters. The molecule has 1 spiro atoms. The second kappa shape index (κ2) is 5.72. The molecule has 4 rings (SSSR count). The van der Waals surface area contributed by atoms with E-state index in [1.807, 2.05) is 32.0 Å². The standard InChI is InChI=1S/C11H11NO.C3H5F.C2H6/c13-10-8-3-1-2-4-9(8)11(5-6-11)7-12-10;4-3-1-2-3;1-2/h1-4H,5-7H2,(H,12,13);3H,1-2H2;1-2H3. The van der Waals surface area contributed by atoms with Crippen molar-refractivity contribution in [2.24, 2.45) is 0 Å². The third kappa shape index (κ3) is 3.14. The molecule has 0 atom stereocenters. The molecular weight excluding hydrogens is 241 g/mol. The molecule has 0 bridgehead atoms. The maximum atomic E-state index is 11.5. The van der Waals surface area contributed by atoms with Crippen molar-refractivity contribution in [1.29, 1.82) is 0 Å². The minimum Gasteiger partial charge on any atom is -0.351 e. The van der Waals surface area contributed by atoms with Crippen molar-refractivity contribution in [2.45, 2.75) is 51.1 Å². The van der Waals surface area contributed by atoms with Gasteiger partial charge in [-0.15, -0.1) is 0 Å². The fourth-order valence-corrected chi connectivity index (χ4v) is 2.24. The highest BCUT2D eigenvalue weighted by atomic mass is 19.1. The first-order valence-corrected chi connectivity index (χ1v) is 7.23. The van der Waals surface area contributed by atoms with E-state index in [4.69, 9.17) is 0 Å². The normalized spacial score (nSPS) is 21.1. The Hall–Kier alpha value is -1.38. The van der Waals surface area contributed by atoms with Crippen LogP contribution in [0, 0.1) is 0 Å². The summed E-state index contributed by atoms with van der Waals surface area (Å²) in [4.78, 5) is 11.5. The van der Waals surface area contributed by atoms with Crippen molar-refractivity contribution < 1.29 is 9.18 Å². The van der Waals surface area contributed by atoms with Crippen molar-refractivity contribution in [3.8, 4) is 0 Å². The molecule has 2 nitrogen and oxygen atoms in total. The number of alkyl halides is 1. The largest absolute Gasteiger partial charge is 0.351 e. The number of hydrogen-bond acceptors (Lipinski definition) is 1. The molecule has 0 aromatic heterocycles. The van der Waals surface area contributed by atoms with Gasteiger partial charge < -0.3 is 5.32 Å². The molecule has 1 aromatic carbocycles. The molecule has 2 aliphatic carbocycles. The molecule has 2 fully saturated rings. The van der Waals surface area contributed by atoms with E-state index < -0.39 is 6.17 Å². The minimum absolute atomic E-state index is 0.0909. The van der Waals surface area contributed by atoms with Crippen LogP contribution >= 0.6 is 0 Å². The molecule has 0 radical (unpaired) electrons. The first kappa shape index (κ1) is 14.0. The van der Waals surface area contributed by atoms with Gasteiger partial charge in [0, 0.05) is 17.5 Å². The molecule has 3 aliphatic rings. The lowest BCUT2D eigenvalue weighted by Gasteiger charge is -2.25. The molecule has 0 saturated heterocycles. The zero-order valence-corrected chi connectivity index (χ0v) is 11.7. The van der Waals surface area contributed by atoms with Crippen molar-refractivity contribution >= 4 is 5.91 Å². The Morgan fingerprint density at radius 3 is 2.32 bits per heavy atom. The molecule has 1 aromatic rings. The molecular formula is C16H22FNO.